The Morgan fingerprint density at radius 1 is 1.07 bits per heavy atom. The molecule has 1 atom stereocenters. The highest BCUT2D eigenvalue weighted by Gasteiger charge is 2.35. The van der Waals surface area contributed by atoms with E-state index in [0.717, 1.165) is 15.6 Å². The molecule has 7 nitrogen and oxygen atoms in total. The molecule has 0 radical (unpaired) electrons. The summed E-state index contributed by atoms with van der Waals surface area (Å²) in [5.74, 6) is -0.804. The summed E-state index contributed by atoms with van der Waals surface area (Å²) >= 11 is 0. The van der Waals surface area contributed by atoms with Gasteiger partial charge in [0.25, 0.3) is 0 Å². The van der Waals surface area contributed by atoms with Gasteiger partial charge < -0.3 is 10.2 Å². The highest BCUT2D eigenvalue weighted by atomic mass is 32.2. The number of carbonyl (C=O) groups is 2. The van der Waals surface area contributed by atoms with Crippen LogP contribution in [-0.4, -0.2) is 45.2 Å². The smallest absolute Gasteiger partial charge is 0.242 e. The summed E-state index contributed by atoms with van der Waals surface area (Å²) in [4.78, 5) is 26.7. The van der Waals surface area contributed by atoms with Crippen LogP contribution in [0.15, 0.2) is 53.4 Å². The van der Waals surface area contributed by atoms with E-state index in [1.165, 1.54) is 26.2 Å². The molecular weight excluding hydrogens is 378 g/mol. The van der Waals surface area contributed by atoms with E-state index in [9.17, 15) is 18.0 Å². The van der Waals surface area contributed by atoms with Gasteiger partial charge in [0, 0.05) is 38.4 Å². The van der Waals surface area contributed by atoms with E-state index in [1.54, 1.807) is 17.0 Å². The predicted octanol–water partition coefficient (Wildman–Crippen LogP) is 2.24. The lowest BCUT2D eigenvalue weighted by Gasteiger charge is -2.17. The van der Waals surface area contributed by atoms with Gasteiger partial charge in [-0.05, 0) is 43.3 Å². The Labute approximate surface area is 165 Å². The van der Waals surface area contributed by atoms with Gasteiger partial charge in [-0.2, -0.15) is 0 Å². The molecule has 2 amide bonds. The summed E-state index contributed by atoms with van der Waals surface area (Å²) < 4.78 is 25.3. The van der Waals surface area contributed by atoms with Gasteiger partial charge in [0.15, 0.2) is 0 Å². The van der Waals surface area contributed by atoms with Gasteiger partial charge in [-0.3, -0.25) is 9.59 Å². The highest BCUT2D eigenvalue weighted by Crippen LogP contribution is 2.26. The second kappa shape index (κ2) is 7.73. The number of sulfonamides is 1. The first kappa shape index (κ1) is 20.0. The average Bonchev–Trinajstić information content (AvgIpc) is 3.04. The van der Waals surface area contributed by atoms with E-state index in [4.69, 9.17) is 0 Å². The Morgan fingerprint density at radius 2 is 1.68 bits per heavy atom. The SMILES string of the molecule is Cc1ccc(N2C[C@H](C(=O)Nc3ccc(S(=O)(=O)N(C)C)cc3)CC2=O)cc1. The number of hydrogen-bond acceptors (Lipinski definition) is 4. The van der Waals surface area contributed by atoms with E-state index in [1.807, 2.05) is 31.2 Å². The summed E-state index contributed by atoms with van der Waals surface area (Å²) in [6, 6.07) is 13.6. The molecule has 2 aromatic rings. The molecule has 1 N–H and O–H groups in total. The number of carbonyl (C=O) groups excluding carboxylic acids is 2. The van der Waals surface area contributed by atoms with Crippen molar-refractivity contribution >= 4 is 33.2 Å². The minimum absolute atomic E-state index is 0.0866. The van der Waals surface area contributed by atoms with Crippen molar-refractivity contribution in [3.05, 3.63) is 54.1 Å². The van der Waals surface area contributed by atoms with Gasteiger partial charge in [-0.25, -0.2) is 12.7 Å². The number of rotatable bonds is 5. The van der Waals surface area contributed by atoms with Gasteiger partial charge in [0.1, 0.15) is 0 Å². The number of nitrogens with one attached hydrogen (secondary N) is 1. The quantitative estimate of drug-likeness (QED) is 0.832. The van der Waals surface area contributed by atoms with Crippen molar-refractivity contribution in [3.63, 3.8) is 0 Å². The zero-order valence-electron chi connectivity index (χ0n) is 16.0. The van der Waals surface area contributed by atoms with E-state index in [0.29, 0.717) is 12.2 Å². The van der Waals surface area contributed by atoms with Crippen LogP contribution in [0.2, 0.25) is 0 Å². The maximum atomic E-state index is 12.6. The molecule has 1 aliphatic rings. The molecule has 0 aliphatic carbocycles. The summed E-state index contributed by atoms with van der Waals surface area (Å²) in [6.45, 7) is 2.29. The Kier molecular flexibility index (Phi) is 5.53. The largest absolute Gasteiger partial charge is 0.326 e. The van der Waals surface area contributed by atoms with Crippen LogP contribution in [0.4, 0.5) is 11.4 Å². The third-order valence-corrected chi connectivity index (χ3v) is 6.57. The first-order chi connectivity index (χ1) is 13.2. The van der Waals surface area contributed by atoms with E-state index in [-0.39, 0.29) is 23.1 Å². The van der Waals surface area contributed by atoms with Crippen molar-refractivity contribution in [2.24, 2.45) is 5.92 Å². The van der Waals surface area contributed by atoms with Crippen LogP contribution in [0.3, 0.4) is 0 Å². The number of aryl methyl sites for hydroxylation is 1. The highest BCUT2D eigenvalue weighted by molar-refractivity contribution is 7.89. The van der Waals surface area contributed by atoms with E-state index < -0.39 is 15.9 Å². The Hall–Kier alpha value is -2.71. The molecule has 1 aliphatic heterocycles. The topological polar surface area (TPSA) is 86.8 Å². The van der Waals surface area contributed by atoms with E-state index in [2.05, 4.69) is 5.32 Å². The lowest BCUT2D eigenvalue weighted by molar-refractivity contribution is -0.122. The van der Waals surface area contributed by atoms with Crippen LogP contribution >= 0.6 is 0 Å². The maximum Gasteiger partial charge on any atom is 0.242 e. The lowest BCUT2D eigenvalue weighted by Crippen LogP contribution is -2.28. The molecule has 28 heavy (non-hydrogen) atoms. The van der Waals surface area contributed by atoms with Crippen LogP contribution in [0.1, 0.15) is 12.0 Å². The molecule has 0 aromatic heterocycles. The molecule has 0 saturated carbocycles. The normalized spacial score (nSPS) is 17.2. The van der Waals surface area contributed by atoms with Crippen molar-refractivity contribution in [2.45, 2.75) is 18.2 Å². The Balaban J connectivity index is 1.67. The second-order valence-electron chi connectivity index (χ2n) is 7.04. The Bertz CT molecular complexity index is 983. The average molecular weight is 401 g/mol. The molecule has 1 saturated heterocycles. The van der Waals surface area contributed by atoms with Crippen LogP contribution in [0, 0.1) is 12.8 Å². The van der Waals surface area contributed by atoms with Gasteiger partial charge in [-0.15, -0.1) is 0 Å². The number of hydrogen-bond donors (Lipinski definition) is 1. The minimum atomic E-state index is -3.52. The molecular formula is C20H23N3O4S. The van der Waals surface area contributed by atoms with Crippen LogP contribution in [0.25, 0.3) is 0 Å². The fourth-order valence-electron chi connectivity index (χ4n) is 3.02. The van der Waals surface area contributed by atoms with Crippen molar-refractivity contribution < 1.29 is 18.0 Å². The fraction of sp³-hybridized carbons (Fsp3) is 0.300. The monoisotopic (exact) mass is 401 g/mol. The number of anilines is 2. The predicted molar refractivity (Wildman–Crippen MR) is 108 cm³/mol. The van der Waals surface area contributed by atoms with Crippen LogP contribution < -0.4 is 10.2 Å². The molecule has 0 bridgehead atoms. The van der Waals surface area contributed by atoms with Crippen LogP contribution in [-0.2, 0) is 19.6 Å². The van der Waals surface area contributed by atoms with Gasteiger partial charge in [0.05, 0.1) is 10.8 Å². The summed E-state index contributed by atoms with van der Waals surface area (Å²) in [7, 11) is -0.596. The molecule has 0 spiro atoms. The van der Waals surface area contributed by atoms with Gasteiger partial charge >= 0.3 is 0 Å². The molecule has 2 aromatic carbocycles. The molecule has 1 heterocycles. The third-order valence-electron chi connectivity index (χ3n) is 4.74. The molecule has 1 fully saturated rings. The summed E-state index contributed by atoms with van der Waals surface area (Å²) in [6.07, 6.45) is 0.146. The first-order valence-corrected chi connectivity index (χ1v) is 10.3. The molecule has 0 unspecified atom stereocenters. The minimum Gasteiger partial charge on any atom is -0.326 e. The zero-order valence-corrected chi connectivity index (χ0v) is 16.9. The van der Waals surface area contributed by atoms with Gasteiger partial charge in [0.2, 0.25) is 21.8 Å². The van der Waals surface area contributed by atoms with Crippen molar-refractivity contribution in [1.29, 1.82) is 0 Å². The molecule has 148 valence electrons. The standard InChI is InChI=1S/C20H23N3O4S/c1-14-4-8-17(9-5-14)23-13-15(12-19(23)24)20(25)21-16-6-10-18(11-7-16)28(26,27)22(2)3/h4-11,15H,12-13H2,1-3H3,(H,21,25)/t15-/m1/s1. The van der Waals surface area contributed by atoms with Crippen LogP contribution in [0.5, 0.6) is 0 Å². The second-order valence-corrected chi connectivity index (χ2v) is 9.19. The Morgan fingerprint density at radius 3 is 2.25 bits per heavy atom. The van der Waals surface area contributed by atoms with Gasteiger partial charge in [-0.1, -0.05) is 17.7 Å². The lowest BCUT2D eigenvalue weighted by atomic mass is 10.1. The number of amides is 2. The van der Waals surface area contributed by atoms with Crippen molar-refractivity contribution in [1.82, 2.24) is 4.31 Å². The molecule has 8 heteroatoms. The number of benzene rings is 2. The van der Waals surface area contributed by atoms with E-state index >= 15 is 0 Å². The first-order valence-electron chi connectivity index (χ1n) is 8.89. The fourth-order valence-corrected chi connectivity index (χ4v) is 3.92. The summed E-state index contributed by atoms with van der Waals surface area (Å²) in [5.41, 5.74) is 2.37. The summed E-state index contributed by atoms with van der Waals surface area (Å²) in [5, 5.41) is 2.77. The number of nitrogens with zero attached hydrogens (tertiary/aromatic N) is 2. The van der Waals surface area contributed by atoms with Crippen molar-refractivity contribution in [3.8, 4) is 0 Å². The third kappa shape index (κ3) is 4.07. The maximum absolute atomic E-state index is 12.6. The molecule has 3 rings (SSSR count). The zero-order chi connectivity index (χ0) is 20.5. The van der Waals surface area contributed by atoms with Crippen molar-refractivity contribution in [2.75, 3.05) is 30.9 Å².